The Hall–Kier alpha value is -2.60. The van der Waals surface area contributed by atoms with Crippen LogP contribution in [0.2, 0.25) is 0 Å². The molecule has 5 nitrogen and oxygen atoms in total. The lowest BCUT2D eigenvalue weighted by molar-refractivity contribution is 0.198. The Kier molecular flexibility index (Phi) is 8.58. The second-order valence-corrected chi connectivity index (χ2v) is 6.11. The van der Waals surface area contributed by atoms with Gasteiger partial charge in [0.15, 0.2) is 5.96 Å². The maximum Gasteiger partial charge on any atom is 0.191 e. The van der Waals surface area contributed by atoms with Crippen molar-refractivity contribution in [1.82, 2.24) is 10.6 Å². The molecule has 146 valence electrons. The average molecular weight is 373 g/mol. The second kappa shape index (κ2) is 11.2. The van der Waals surface area contributed by atoms with Crippen LogP contribution in [0.1, 0.15) is 31.4 Å². The van der Waals surface area contributed by atoms with Crippen LogP contribution in [0, 0.1) is 5.82 Å². The molecule has 0 saturated carbocycles. The molecule has 0 radical (unpaired) electrons. The molecule has 2 rings (SSSR count). The molecule has 0 saturated heterocycles. The third-order valence-corrected chi connectivity index (χ3v) is 4.09. The molecule has 1 unspecified atom stereocenters. The van der Waals surface area contributed by atoms with E-state index in [1.807, 2.05) is 38.1 Å². The second-order valence-electron chi connectivity index (χ2n) is 6.11. The zero-order valence-electron chi connectivity index (χ0n) is 15.9. The van der Waals surface area contributed by atoms with E-state index in [1.165, 1.54) is 12.1 Å². The van der Waals surface area contributed by atoms with E-state index in [9.17, 15) is 9.50 Å². The fraction of sp³-hybridized carbons (Fsp3) is 0.381. The Morgan fingerprint density at radius 3 is 2.56 bits per heavy atom. The van der Waals surface area contributed by atoms with Crippen LogP contribution in [0.25, 0.3) is 0 Å². The fourth-order valence-electron chi connectivity index (χ4n) is 2.58. The number of nitrogens with one attached hydrogen (secondary N) is 2. The standard InChI is InChI=1S/C21H28FN3O2/c1-3-19(27-20-11-7-10-18(22)12-20)14-25-21(23-4-2)24-13-16-8-5-6-9-17(16)15-26/h5-12,19,26H,3-4,13-15H2,1-2H3,(H2,23,24,25). The van der Waals surface area contributed by atoms with Gasteiger partial charge in [0.25, 0.3) is 0 Å². The Morgan fingerprint density at radius 2 is 1.89 bits per heavy atom. The largest absolute Gasteiger partial charge is 0.489 e. The van der Waals surface area contributed by atoms with Gasteiger partial charge in [-0.1, -0.05) is 37.3 Å². The van der Waals surface area contributed by atoms with Crippen LogP contribution in [0.15, 0.2) is 53.5 Å². The van der Waals surface area contributed by atoms with Gasteiger partial charge in [-0.15, -0.1) is 0 Å². The molecule has 0 spiro atoms. The van der Waals surface area contributed by atoms with Gasteiger partial charge in [0.2, 0.25) is 0 Å². The molecule has 0 aliphatic heterocycles. The van der Waals surface area contributed by atoms with E-state index in [4.69, 9.17) is 4.74 Å². The number of benzene rings is 2. The van der Waals surface area contributed by atoms with E-state index in [1.54, 1.807) is 12.1 Å². The van der Waals surface area contributed by atoms with Gasteiger partial charge in [-0.25, -0.2) is 9.38 Å². The Balaban J connectivity index is 1.97. The van der Waals surface area contributed by atoms with Gasteiger partial charge in [-0.2, -0.15) is 0 Å². The third-order valence-electron chi connectivity index (χ3n) is 4.09. The van der Waals surface area contributed by atoms with E-state index in [-0.39, 0.29) is 18.5 Å². The zero-order valence-corrected chi connectivity index (χ0v) is 15.9. The Morgan fingerprint density at radius 1 is 1.11 bits per heavy atom. The Labute approximate surface area is 160 Å². The summed E-state index contributed by atoms with van der Waals surface area (Å²) in [6.07, 6.45) is 0.663. The molecule has 2 aromatic carbocycles. The summed E-state index contributed by atoms with van der Waals surface area (Å²) in [5.41, 5.74) is 1.86. The van der Waals surface area contributed by atoms with Crippen molar-refractivity contribution in [2.24, 2.45) is 4.99 Å². The predicted molar refractivity (Wildman–Crippen MR) is 106 cm³/mol. The minimum Gasteiger partial charge on any atom is -0.489 e. The van der Waals surface area contributed by atoms with Crippen LogP contribution in [0.4, 0.5) is 4.39 Å². The molecule has 0 aliphatic carbocycles. The fourth-order valence-corrected chi connectivity index (χ4v) is 2.58. The van der Waals surface area contributed by atoms with Crippen molar-refractivity contribution in [3.05, 3.63) is 65.5 Å². The first kappa shape index (κ1) is 20.7. The van der Waals surface area contributed by atoms with Crippen LogP contribution >= 0.6 is 0 Å². The van der Waals surface area contributed by atoms with Gasteiger partial charge in [-0.05, 0) is 36.6 Å². The lowest BCUT2D eigenvalue weighted by atomic mass is 10.1. The number of ether oxygens (including phenoxy) is 1. The van der Waals surface area contributed by atoms with Crippen molar-refractivity contribution in [3.8, 4) is 5.75 Å². The quantitative estimate of drug-likeness (QED) is 0.466. The molecule has 0 amide bonds. The van der Waals surface area contributed by atoms with Gasteiger partial charge in [0.05, 0.1) is 19.7 Å². The summed E-state index contributed by atoms with van der Waals surface area (Å²) in [7, 11) is 0. The van der Waals surface area contributed by atoms with E-state index < -0.39 is 0 Å². The summed E-state index contributed by atoms with van der Waals surface area (Å²) >= 11 is 0. The lowest BCUT2D eigenvalue weighted by Crippen LogP contribution is -2.42. The predicted octanol–water partition coefficient (Wildman–Crippen LogP) is 3.23. The molecular weight excluding hydrogens is 345 g/mol. The first-order chi connectivity index (χ1) is 13.2. The lowest BCUT2D eigenvalue weighted by Gasteiger charge is -2.20. The first-order valence-corrected chi connectivity index (χ1v) is 9.28. The highest BCUT2D eigenvalue weighted by molar-refractivity contribution is 5.79. The van der Waals surface area contributed by atoms with Gasteiger partial charge in [0, 0.05) is 12.6 Å². The van der Waals surface area contributed by atoms with Gasteiger partial charge in [0.1, 0.15) is 17.7 Å². The minimum atomic E-state index is -0.312. The van der Waals surface area contributed by atoms with Crippen LogP contribution < -0.4 is 15.4 Å². The number of nitrogens with zero attached hydrogens (tertiary/aromatic N) is 1. The average Bonchev–Trinajstić information content (AvgIpc) is 2.69. The summed E-state index contributed by atoms with van der Waals surface area (Å²) in [6, 6.07) is 13.8. The van der Waals surface area contributed by atoms with Gasteiger partial charge in [-0.3, -0.25) is 0 Å². The number of aliphatic imine (C=N–C) groups is 1. The van der Waals surface area contributed by atoms with E-state index in [2.05, 4.69) is 15.6 Å². The van der Waals surface area contributed by atoms with E-state index >= 15 is 0 Å². The van der Waals surface area contributed by atoms with Crippen LogP contribution in [-0.4, -0.2) is 30.3 Å². The molecule has 0 aromatic heterocycles. The highest BCUT2D eigenvalue weighted by Crippen LogP contribution is 2.15. The van der Waals surface area contributed by atoms with Gasteiger partial charge >= 0.3 is 0 Å². The molecule has 2 aromatic rings. The molecular formula is C21H28FN3O2. The zero-order chi connectivity index (χ0) is 19.5. The number of guanidine groups is 1. The summed E-state index contributed by atoms with van der Waals surface area (Å²) < 4.78 is 19.2. The van der Waals surface area contributed by atoms with Crippen LogP contribution in [0.3, 0.4) is 0 Å². The molecule has 27 heavy (non-hydrogen) atoms. The topological polar surface area (TPSA) is 65.9 Å². The molecule has 0 heterocycles. The molecule has 6 heteroatoms. The van der Waals surface area contributed by atoms with Gasteiger partial charge < -0.3 is 20.5 Å². The smallest absolute Gasteiger partial charge is 0.191 e. The normalized spacial score (nSPS) is 12.5. The summed E-state index contributed by atoms with van der Waals surface area (Å²) in [6.45, 7) is 5.75. The molecule has 0 fully saturated rings. The molecule has 0 bridgehead atoms. The van der Waals surface area contributed by atoms with Crippen molar-refractivity contribution in [2.45, 2.75) is 39.5 Å². The summed E-state index contributed by atoms with van der Waals surface area (Å²) in [4.78, 5) is 4.59. The molecule has 1 atom stereocenters. The number of aliphatic hydroxyl groups is 1. The van der Waals surface area contributed by atoms with Crippen molar-refractivity contribution in [1.29, 1.82) is 0 Å². The molecule has 0 aliphatic rings. The summed E-state index contributed by atoms with van der Waals surface area (Å²) in [5, 5.41) is 15.9. The van der Waals surface area contributed by atoms with Crippen LogP contribution in [-0.2, 0) is 13.2 Å². The number of aliphatic hydroxyl groups excluding tert-OH is 1. The van der Waals surface area contributed by atoms with Crippen molar-refractivity contribution in [3.63, 3.8) is 0 Å². The SMILES string of the molecule is CCNC(=NCc1ccccc1CO)NCC(CC)Oc1cccc(F)c1. The highest BCUT2D eigenvalue weighted by Gasteiger charge is 2.10. The third kappa shape index (κ3) is 6.90. The molecule has 3 N–H and O–H groups in total. The monoisotopic (exact) mass is 373 g/mol. The van der Waals surface area contributed by atoms with Crippen molar-refractivity contribution in [2.75, 3.05) is 13.1 Å². The maximum atomic E-state index is 13.3. The number of hydrogen-bond donors (Lipinski definition) is 3. The van der Waals surface area contributed by atoms with Crippen molar-refractivity contribution >= 4 is 5.96 Å². The highest BCUT2D eigenvalue weighted by atomic mass is 19.1. The van der Waals surface area contributed by atoms with E-state index in [0.717, 1.165) is 24.1 Å². The number of halogens is 1. The van der Waals surface area contributed by atoms with E-state index in [0.29, 0.717) is 24.8 Å². The minimum absolute atomic E-state index is 0.00492. The van der Waals surface area contributed by atoms with Crippen molar-refractivity contribution < 1.29 is 14.2 Å². The first-order valence-electron chi connectivity index (χ1n) is 9.28. The number of hydrogen-bond acceptors (Lipinski definition) is 3. The number of rotatable bonds is 9. The Bertz CT molecular complexity index is 737. The summed E-state index contributed by atoms with van der Waals surface area (Å²) in [5.74, 6) is 0.877. The van der Waals surface area contributed by atoms with Crippen LogP contribution in [0.5, 0.6) is 5.75 Å². The maximum absolute atomic E-state index is 13.3.